The average molecular weight is 243 g/mol. The lowest BCUT2D eigenvalue weighted by Gasteiger charge is -2.20. The van der Waals surface area contributed by atoms with Crippen LogP contribution in [0.3, 0.4) is 0 Å². The van der Waals surface area contributed by atoms with Crippen LogP contribution in [0.4, 0.5) is 0 Å². The van der Waals surface area contributed by atoms with Crippen molar-refractivity contribution in [3.8, 4) is 0 Å². The van der Waals surface area contributed by atoms with Crippen LogP contribution in [0.2, 0.25) is 0 Å². The van der Waals surface area contributed by atoms with Gasteiger partial charge in [0.15, 0.2) is 0 Å². The Morgan fingerprint density at radius 2 is 1.88 bits per heavy atom. The van der Waals surface area contributed by atoms with E-state index in [2.05, 4.69) is 24.5 Å². The molecule has 4 nitrogen and oxygen atoms in total. The Kier molecular flexibility index (Phi) is 10.2. The Labute approximate surface area is 106 Å². The number of hydrogen-bond donors (Lipinski definition) is 3. The molecule has 0 saturated heterocycles. The summed E-state index contributed by atoms with van der Waals surface area (Å²) in [5.74, 6) is 0.780. The zero-order valence-electron chi connectivity index (χ0n) is 11.6. The highest BCUT2D eigenvalue weighted by atomic mass is 16.1. The van der Waals surface area contributed by atoms with Gasteiger partial charge in [-0.05, 0) is 18.9 Å². The van der Waals surface area contributed by atoms with E-state index in [1.165, 1.54) is 12.8 Å². The predicted molar refractivity (Wildman–Crippen MR) is 72.8 cm³/mol. The van der Waals surface area contributed by atoms with Crippen molar-refractivity contribution in [2.75, 3.05) is 19.6 Å². The molecular formula is C13H29N3O. The monoisotopic (exact) mass is 243 g/mol. The molecule has 0 rings (SSSR count). The Morgan fingerprint density at radius 1 is 1.24 bits per heavy atom. The fourth-order valence-electron chi connectivity index (χ4n) is 1.71. The number of amides is 1. The highest BCUT2D eigenvalue weighted by Gasteiger charge is 2.13. The molecule has 1 unspecified atom stereocenters. The van der Waals surface area contributed by atoms with Crippen molar-refractivity contribution in [3.05, 3.63) is 0 Å². The van der Waals surface area contributed by atoms with Gasteiger partial charge in [-0.25, -0.2) is 0 Å². The van der Waals surface area contributed by atoms with Gasteiger partial charge in [0.1, 0.15) is 0 Å². The van der Waals surface area contributed by atoms with Crippen LogP contribution in [-0.4, -0.2) is 31.6 Å². The van der Waals surface area contributed by atoms with Crippen LogP contribution in [0.25, 0.3) is 0 Å². The molecule has 102 valence electrons. The van der Waals surface area contributed by atoms with E-state index in [1.807, 2.05) is 6.92 Å². The van der Waals surface area contributed by atoms with Gasteiger partial charge in [0.2, 0.25) is 5.91 Å². The van der Waals surface area contributed by atoms with Crippen molar-refractivity contribution in [1.82, 2.24) is 10.6 Å². The Hall–Kier alpha value is -0.610. The zero-order valence-corrected chi connectivity index (χ0v) is 11.6. The highest BCUT2D eigenvalue weighted by molar-refractivity contribution is 5.76. The van der Waals surface area contributed by atoms with E-state index < -0.39 is 0 Å². The molecule has 0 saturated carbocycles. The molecular weight excluding hydrogens is 214 g/mol. The molecule has 0 aromatic carbocycles. The average Bonchev–Trinajstić information content (AvgIpc) is 2.35. The second-order valence-electron chi connectivity index (χ2n) is 4.58. The van der Waals surface area contributed by atoms with Crippen LogP contribution in [0.1, 0.15) is 46.5 Å². The molecule has 0 fully saturated rings. The maximum absolute atomic E-state index is 11.5. The highest BCUT2D eigenvalue weighted by Crippen LogP contribution is 2.06. The third-order valence-corrected chi connectivity index (χ3v) is 3.14. The molecule has 0 aliphatic rings. The summed E-state index contributed by atoms with van der Waals surface area (Å²) >= 11 is 0. The minimum absolute atomic E-state index is 0.0966. The summed E-state index contributed by atoms with van der Waals surface area (Å²) in [7, 11) is 0. The van der Waals surface area contributed by atoms with Crippen LogP contribution in [0, 0.1) is 5.92 Å². The Bertz CT molecular complexity index is 193. The first kappa shape index (κ1) is 16.4. The third kappa shape index (κ3) is 8.16. The summed E-state index contributed by atoms with van der Waals surface area (Å²) in [6.07, 6.45) is 3.79. The first-order chi connectivity index (χ1) is 8.17. The molecule has 0 spiro atoms. The summed E-state index contributed by atoms with van der Waals surface area (Å²) in [4.78, 5) is 11.5. The summed E-state index contributed by atoms with van der Waals surface area (Å²) in [5.41, 5.74) is 5.68. The molecule has 0 aliphatic carbocycles. The van der Waals surface area contributed by atoms with E-state index in [0.29, 0.717) is 18.9 Å². The van der Waals surface area contributed by atoms with Gasteiger partial charge >= 0.3 is 0 Å². The number of carbonyl (C=O) groups excluding carboxylic acids is 1. The van der Waals surface area contributed by atoms with Crippen molar-refractivity contribution in [2.45, 2.75) is 52.5 Å². The quantitative estimate of drug-likeness (QED) is 0.541. The van der Waals surface area contributed by atoms with Gasteiger partial charge in [0, 0.05) is 25.6 Å². The molecule has 4 N–H and O–H groups in total. The van der Waals surface area contributed by atoms with Gasteiger partial charge in [0.25, 0.3) is 0 Å². The third-order valence-electron chi connectivity index (χ3n) is 3.14. The zero-order chi connectivity index (χ0) is 13.1. The van der Waals surface area contributed by atoms with Crippen molar-refractivity contribution >= 4 is 5.91 Å². The topological polar surface area (TPSA) is 67.2 Å². The van der Waals surface area contributed by atoms with Gasteiger partial charge in [-0.15, -0.1) is 0 Å². The first-order valence-corrected chi connectivity index (χ1v) is 6.87. The summed E-state index contributed by atoms with van der Waals surface area (Å²) in [6.45, 7) is 8.66. The number of nitrogens with one attached hydrogen (secondary N) is 2. The maximum Gasteiger partial charge on any atom is 0.221 e. The summed E-state index contributed by atoms with van der Waals surface area (Å²) in [5, 5.41) is 6.27. The van der Waals surface area contributed by atoms with Crippen LogP contribution in [0.15, 0.2) is 0 Å². The summed E-state index contributed by atoms with van der Waals surface area (Å²) < 4.78 is 0. The second kappa shape index (κ2) is 10.5. The van der Waals surface area contributed by atoms with Gasteiger partial charge in [-0.1, -0.05) is 33.6 Å². The number of rotatable bonds is 10. The number of nitrogens with two attached hydrogens (primary N) is 1. The van der Waals surface area contributed by atoms with E-state index in [1.54, 1.807) is 0 Å². The van der Waals surface area contributed by atoms with Crippen molar-refractivity contribution in [2.24, 2.45) is 11.7 Å². The fraction of sp³-hybridized carbons (Fsp3) is 0.923. The Morgan fingerprint density at radius 3 is 2.35 bits per heavy atom. The molecule has 17 heavy (non-hydrogen) atoms. The maximum atomic E-state index is 11.5. The lowest BCUT2D eigenvalue weighted by molar-refractivity contribution is -0.121. The molecule has 0 aromatic heterocycles. The molecule has 0 heterocycles. The largest absolute Gasteiger partial charge is 0.356 e. The minimum atomic E-state index is 0.0966. The number of hydrogen-bond acceptors (Lipinski definition) is 3. The molecule has 1 amide bonds. The Balaban J connectivity index is 3.86. The lowest BCUT2D eigenvalue weighted by Crippen LogP contribution is -2.42. The molecule has 0 aromatic rings. The van der Waals surface area contributed by atoms with E-state index in [4.69, 9.17) is 5.73 Å². The normalized spacial score (nSPS) is 12.8. The molecule has 4 heteroatoms. The molecule has 0 bridgehead atoms. The van der Waals surface area contributed by atoms with Gasteiger partial charge < -0.3 is 16.4 Å². The first-order valence-electron chi connectivity index (χ1n) is 6.87. The summed E-state index contributed by atoms with van der Waals surface area (Å²) in [6, 6.07) is 0.104. The predicted octanol–water partition coefficient (Wildman–Crippen LogP) is 1.26. The van der Waals surface area contributed by atoms with Crippen LogP contribution >= 0.6 is 0 Å². The van der Waals surface area contributed by atoms with Gasteiger partial charge in [-0.3, -0.25) is 4.79 Å². The smallest absolute Gasteiger partial charge is 0.221 e. The minimum Gasteiger partial charge on any atom is -0.356 e. The molecule has 0 aliphatic heterocycles. The number of carbonyl (C=O) groups is 1. The van der Waals surface area contributed by atoms with Crippen molar-refractivity contribution in [3.63, 3.8) is 0 Å². The van der Waals surface area contributed by atoms with Crippen molar-refractivity contribution < 1.29 is 4.79 Å². The fourth-order valence-corrected chi connectivity index (χ4v) is 1.71. The molecule has 0 radical (unpaired) electrons. The van der Waals surface area contributed by atoms with Crippen LogP contribution in [0.5, 0.6) is 0 Å². The standard InChI is InChI=1S/C13H29N3O/c1-4-7-15-13(17)8-12(9-14)16-10-11(5-2)6-3/h11-12,16H,4-10,14H2,1-3H3,(H,15,17). The second-order valence-corrected chi connectivity index (χ2v) is 4.58. The van der Waals surface area contributed by atoms with Gasteiger partial charge in [0.05, 0.1) is 0 Å². The van der Waals surface area contributed by atoms with E-state index in [9.17, 15) is 4.79 Å². The van der Waals surface area contributed by atoms with Gasteiger partial charge in [-0.2, -0.15) is 0 Å². The van der Waals surface area contributed by atoms with Crippen LogP contribution < -0.4 is 16.4 Å². The van der Waals surface area contributed by atoms with E-state index in [-0.39, 0.29) is 11.9 Å². The lowest BCUT2D eigenvalue weighted by atomic mass is 10.0. The van der Waals surface area contributed by atoms with E-state index in [0.717, 1.165) is 19.5 Å². The SMILES string of the molecule is CCCNC(=O)CC(CN)NCC(CC)CC. The van der Waals surface area contributed by atoms with E-state index >= 15 is 0 Å². The van der Waals surface area contributed by atoms with Crippen molar-refractivity contribution in [1.29, 1.82) is 0 Å². The van der Waals surface area contributed by atoms with Crippen LogP contribution in [-0.2, 0) is 4.79 Å². The molecule has 1 atom stereocenters.